The Hall–Kier alpha value is -5.76. The van der Waals surface area contributed by atoms with Crippen molar-refractivity contribution in [1.29, 1.82) is 0 Å². The van der Waals surface area contributed by atoms with Crippen molar-refractivity contribution in [3.63, 3.8) is 0 Å². The number of benzene rings is 2. The number of aromatic nitrogens is 5. The SMILES string of the molecule is Cn1nc(C2CCC(=O)NC2=O)c2ccc(C3CCN(C4CCC(CNC(=O)[C@H]5CCC[C@@H](Nc6ncc(F)c(-c7cccc(-n8ccccc8=O)c7)n6)C5)CC4)CC3)cc21. The van der Waals surface area contributed by atoms with Gasteiger partial charge in [0.25, 0.3) is 5.56 Å². The fourth-order valence-corrected chi connectivity index (χ4v) is 10.3. The lowest BCUT2D eigenvalue weighted by atomic mass is 9.82. The molecule has 1 unspecified atom stereocenters. The number of fused-ring (bicyclic) bond motifs is 1. The molecule has 2 aromatic carbocycles. The van der Waals surface area contributed by atoms with Gasteiger partial charge < -0.3 is 15.5 Å². The van der Waals surface area contributed by atoms with Gasteiger partial charge in [0.05, 0.1) is 23.3 Å². The van der Waals surface area contributed by atoms with Crippen molar-refractivity contribution >= 4 is 34.6 Å². The minimum atomic E-state index is -0.552. The van der Waals surface area contributed by atoms with Gasteiger partial charge in [-0.15, -0.1) is 0 Å². The smallest absolute Gasteiger partial charge is 0.255 e. The topological polar surface area (TPSA) is 156 Å². The summed E-state index contributed by atoms with van der Waals surface area (Å²) in [5.74, 6) is -0.128. The Bertz CT molecular complexity index is 2490. The van der Waals surface area contributed by atoms with Crippen LogP contribution < -0.4 is 21.5 Å². The van der Waals surface area contributed by atoms with Gasteiger partial charge >= 0.3 is 0 Å². The molecule has 318 valence electrons. The largest absolute Gasteiger partial charge is 0.356 e. The summed E-state index contributed by atoms with van der Waals surface area (Å²) in [6.07, 6.45) is 13.7. The number of piperidine rings is 2. The van der Waals surface area contributed by atoms with Crippen molar-refractivity contribution in [2.75, 3.05) is 25.0 Å². The van der Waals surface area contributed by atoms with E-state index in [9.17, 15) is 19.2 Å². The van der Waals surface area contributed by atoms with Gasteiger partial charge in [-0.3, -0.25) is 33.7 Å². The lowest BCUT2D eigenvalue weighted by molar-refractivity contribution is -0.134. The highest BCUT2D eigenvalue weighted by molar-refractivity contribution is 6.02. The molecule has 3 aromatic heterocycles. The van der Waals surface area contributed by atoms with Crippen molar-refractivity contribution in [2.24, 2.45) is 18.9 Å². The first-order valence-electron chi connectivity index (χ1n) is 22.1. The van der Waals surface area contributed by atoms with E-state index in [-0.39, 0.29) is 40.9 Å². The number of likely N-dealkylation sites (tertiary alicyclic amines) is 1. The second-order valence-electron chi connectivity index (χ2n) is 17.6. The number of anilines is 1. The zero-order valence-electron chi connectivity index (χ0n) is 34.7. The molecule has 0 spiro atoms. The Morgan fingerprint density at radius 1 is 0.918 bits per heavy atom. The molecule has 2 saturated carbocycles. The molecule has 4 aliphatic rings. The summed E-state index contributed by atoms with van der Waals surface area (Å²) in [5, 5.41) is 14.9. The molecule has 5 heterocycles. The van der Waals surface area contributed by atoms with E-state index >= 15 is 4.39 Å². The van der Waals surface area contributed by atoms with E-state index in [1.807, 2.05) is 11.7 Å². The summed E-state index contributed by atoms with van der Waals surface area (Å²) < 4.78 is 18.4. The molecular formula is C47H54FN9O4. The second kappa shape index (κ2) is 17.7. The average Bonchev–Trinajstić information content (AvgIpc) is 3.61. The highest BCUT2D eigenvalue weighted by Crippen LogP contribution is 2.37. The quantitative estimate of drug-likeness (QED) is 0.136. The first kappa shape index (κ1) is 40.6. The Labute approximate surface area is 354 Å². The highest BCUT2D eigenvalue weighted by Gasteiger charge is 2.34. The molecule has 5 aromatic rings. The van der Waals surface area contributed by atoms with Gasteiger partial charge in [0.15, 0.2) is 5.82 Å². The van der Waals surface area contributed by atoms with Gasteiger partial charge in [0.1, 0.15) is 5.69 Å². The van der Waals surface area contributed by atoms with E-state index in [2.05, 4.69) is 49.0 Å². The fourth-order valence-electron chi connectivity index (χ4n) is 10.3. The zero-order valence-corrected chi connectivity index (χ0v) is 34.7. The van der Waals surface area contributed by atoms with Crippen LogP contribution in [0.2, 0.25) is 0 Å². The van der Waals surface area contributed by atoms with Crippen LogP contribution in [0, 0.1) is 17.7 Å². The van der Waals surface area contributed by atoms with E-state index in [0.717, 1.165) is 87.5 Å². The molecule has 2 aliphatic carbocycles. The van der Waals surface area contributed by atoms with Crippen molar-refractivity contribution in [3.05, 3.63) is 100 Å². The number of carbonyl (C=O) groups excluding carboxylic acids is 3. The average molecular weight is 828 g/mol. The van der Waals surface area contributed by atoms with E-state index in [0.29, 0.717) is 60.9 Å². The van der Waals surface area contributed by atoms with Gasteiger partial charge in [-0.05, 0) is 119 Å². The number of aryl methyl sites for hydroxylation is 1. The van der Waals surface area contributed by atoms with Crippen LogP contribution in [0.5, 0.6) is 0 Å². The molecule has 61 heavy (non-hydrogen) atoms. The number of rotatable bonds is 10. The first-order valence-corrected chi connectivity index (χ1v) is 22.1. The monoisotopic (exact) mass is 827 g/mol. The standard InChI is InChI=1S/C47H54FN9O4/c1-55-40-26-31(13-16-37(40)44(54-55)38-17-18-41(58)52-46(38)61)30-19-22-56(23-20-30)35-14-11-29(12-15-35)27-49-45(60)33-7-4-8-34(24-33)51-47-50-28-39(48)43(53-47)32-6-5-9-36(25-32)57-21-3-2-10-42(57)59/h2-3,5-6,9-10,13,16,21,25-26,28-30,33-35,38H,4,7-8,11-12,14-15,17-20,22-24,27H2,1H3,(H,49,60)(H,50,51,53)(H,52,58,61)/t29?,33-,34+,35?,38?/m0/s1. The summed E-state index contributed by atoms with van der Waals surface area (Å²) in [5.41, 5.74) is 4.23. The lowest BCUT2D eigenvalue weighted by Gasteiger charge is -2.41. The maximum absolute atomic E-state index is 15.1. The molecule has 4 fully saturated rings. The fraction of sp³-hybridized carbons (Fsp3) is 0.468. The van der Waals surface area contributed by atoms with Crippen LogP contribution in [0.15, 0.2) is 77.9 Å². The summed E-state index contributed by atoms with van der Waals surface area (Å²) in [6.45, 7) is 2.86. The van der Waals surface area contributed by atoms with E-state index in [4.69, 9.17) is 5.10 Å². The van der Waals surface area contributed by atoms with Crippen molar-refractivity contribution in [1.82, 2.24) is 39.8 Å². The van der Waals surface area contributed by atoms with Crippen LogP contribution in [0.25, 0.3) is 27.8 Å². The van der Waals surface area contributed by atoms with Gasteiger partial charge in [-0.2, -0.15) is 5.10 Å². The molecule has 3 N–H and O–H groups in total. The van der Waals surface area contributed by atoms with Crippen molar-refractivity contribution in [2.45, 2.75) is 101 Å². The Balaban J connectivity index is 0.727. The molecule has 3 amide bonds. The molecule has 2 saturated heterocycles. The van der Waals surface area contributed by atoms with Crippen LogP contribution in [0.3, 0.4) is 0 Å². The third kappa shape index (κ3) is 8.86. The van der Waals surface area contributed by atoms with Crippen LogP contribution in [-0.2, 0) is 21.4 Å². The normalized spacial score (nSPS) is 24.1. The van der Waals surface area contributed by atoms with Crippen LogP contribution in [0.4, 0.5) is 10.3 Å². The number of pyridine rings is 1. The highest BCUT2D eigenvalue weighted by atomic mass is 19.1. The molecule has 0 bridgehead atoms. The lowest BCUT2D eigenvalue weighted by Crippen LogP contribution is -2.44. The molecule has 2 aliphatic heterocycles. The number of imide groups is 1. The predicted octanol–water partition coefficient (Wildman–Crippen LogP) is 6.37. The summed E-state index contributed by atoms with van der Waals surface area (Å²) >= 11 is 0. The molecule has 9 rings (SSSR count). The van der Waals surface area contributed by atoms with Crippen LogP contribution in [0.1, 0.15) is 100 Å². The van der Waals surface area contributed by atoms with E-state index in [1.54, 1.807) is 42.6 Å². The van der Waals surface area contributed by atoms with Gasteiger partial charge in [-0.25, -0.2) is 14.4 Å². The van der Waals surface area contributed by atoms with Crippen LogP contribution >= 0.6 is 0 Å². The molecule has 14 heteroatoms. The third-order valence-corrected chi connectivity index (χ3v) is 13.7. The summed E-state index contributed by atoms with van der Waals surface area (Å²) in [6, 6.07) is 19.1. The maximum Gasteiger partial charge on any atom is 0.255 e. The minimum absolute atomic E-state index is 0.00693. The van der Waals surface area contributed by atoms with Crippen molar-refractivity contribution < 1.29 is 18.8 Å². The minimum Gasteiger partial charge on any atom is -0.356 e. The number of amides is 3. The van der Waals surface area contributed by atoms with Crippen molar-refractivity contribution in [3.8, 4) is 16.9 Å². The Morgan fingerprint density at radius 2 is 1.75 bits per heavy atom. The predicted molar refractivity (Wildman–Crippen MR) is 231 cm³/mol. The number of carbonyl (C=O) groups is 3. The third-order valence-electron chi connectivity index (χ3n) is 13.7. The van der Waals surface area contributed by atoms with E-state index < -0.39 is 11.7 Å². The van der Waals surface area contributed by atoms with Crippen LogP contribution in [-0.4, -0.2) is 78.7 Å². The summed E-state index contributed by atoms with van der Waals surface area (Å²) in [4.78, 5) is 61.6. The molecule has 0 radical (unpaired) electrons. The number of nitrogens with zero attached hydrogens (tertiary/aromatic N) is 6. The summed E-state index contributed by atoms with van der Waals surface area (Å²) in [7, 11) is 1.93. The molecule has 13 nitrogen and oxygen atoms in total. The zero-order chi connectivity index (χ0) is 42.0. The van der Waals surface area contributed by atoms with Gasteiger partial charge in [-0.1, -0.05) is 36.8 Å². The van der Waals surface area contributed by atoms with E-state index in [1.165, 1.54) is 22.4 Å². The van der Waals surface area contributed by atoms with Gasteiger partial charge in [0.2, 0.25) is 23.7 Å². The Morgan fingerprint density at radius 3 is 2.56 bits per heavy atom. The number of hydrogen-bond acceptors (Lipinski definition) is 9. The van der Waals surface area contributed by atoms with Gasteiger partial charge in [0, 0.05) is 66.9 Å². The number of hydrogen-bond donors (Lipinski definition) is 3. The first-order chi connectivity index (χ1) is 29.7. The number of halogens is 1. The molecular weight excluding hydrogens is 774 g/mol. The second-order valence-corrected chi connectivity index (χ2v) is 17.6. The molecule has 3 atom stereocenters. The maximum atomic E-state index is 15.1. The number of nitrogens with one attached hydrogen (secondary N) is 3. The Kier molecular flexibility index (Phi) is 11.8.